The molecule has 1 aliphatic heterocycles. The van der Waals surface area contributed by atoms with E-state index in [0.717, 1.165) is 11.3 Å². The van der Waals surface area contributed by atoms with Gasteiger partial charge in [-0.15, -0.1) is 0 Å². The van der Waals surface area contributed by atoms with Crippen LogP contribution in [0.2, 0.25) is 0 Å². The van der Waals surface area contributed by atoms with Crippen LogP contribution >= 0.6 is 0 Å². The summed E-state index contributed by atoms with van der Waals surface area (Å²) in [6.45, 7) is 0.512. The zero-order valence-corrected chi connectivity index (χ0v) is 12.5. The Morgan fingerprint density at radius 1 is 1.13 bits per heavy atom. The van der Waals surface area contributed by atoms with Gasteiger partial charge < -0.3 is 15.4 Å². The van der Waals surface area contributed by atoms with Crippen LogP contribution in [0.5, 0.6) is 5.75 Å². The molecule has 1 unspecified atom stereocenters. The van der Waals surface area contributed by atoms with Crippen LogP contribution in [0.4, 0.5) is 0 Å². The molecule has 23 heavy (non-hydrogen) atoms. The van der Waals surface area contributed by atoms with E-state index in [1.165, 1.54) is 0 Å². The summed E-state index contributed by atoms with van der Waals surface area (Å²) in [6.07, 6.45) is 1.98. The molecule has 1 aliphatic rings. The minimum absolute atomic E-state index is 0.0367. The number of nitrogens with zero attached hydrogens (tertiary/aromatic N) is 1. The van der Waals surface area contributed by atoms with Crippen molar-refractivity contribution >= 4 is 11.8 Å². The second-order valence-corrected chi connectivity index (χ2v) is 5.30. The Hall–Kier alpha value is -2.89. The third-order valence-electron chi connectivity index (χ3n) is 3.53. The molecular formula is C17H17N3O3. The summed E-state index contributed by atoms with van der Waals surface area (Å²) in [4.78, 5) is 27.3. The van der Waals surface area contributed by atoms with Gasteiger partial charge in [-0.1, -0.05) is 30.3 Å². The fraction of sp³-hybridized carbons (Fsp3) is 0.235. The number of piperazine rings is 1. The molecule has 2 amide bonds. The van der Waals surface area contributed by atoms with Crippen LogP contribution in [0.15, 0.2) is 48.7 Å². The van der Waals surface area contributed by atoms with Gasteiger partial charge in [-0.25, -0.2) is 0 Å². The number of carbonyl (C=O) groups is 2. The van der Waals surface area contributed by atoms with Gasteiger partial charge in [0, 0.05) is 12.1 Å². The quantitative estimate of drug-likeness (QED) is 0.856. The highest BCUT2D eigenvalue weighted by Crippen LogP contribution is 2.13. The first-order chi connectivity index (χ1) is 11.2. The van der Waals surface area contributed by atoms with Crippen molar-refractivity contribution in [3.05, 3.63) is 59.9 Å². The predicted octanol–water partition coefficient (Wildman–Crippen LogP) is 0.818. The molecule has 0 aliphatic carbocycles. The molecule has 0 spiro atoms. The van der Waals surface area contributed by atoms with Crippen molar-refractivity contribution in [1.82, 2.24) is 15.6 Å². The number of hydrogen-bond acceptors (Lipinski definition) is 4. The van der Waals surface area contributed by atoms with Crippen molar-refractivity contribution in [2.24, 2.45) is 0 Å². The maximum atomic E-state index is 11.7. The van der Waals surface area contributed by atoms with Gasteiger partial charge in [-0.3, -0.25) is 14.6 Å². The van der Waals surface area contributed by atoms with Gasteiger partial charge >= 0.3 is 0 Å². The summed E-state index contributed by atoms with van der Waals surface area (Å²) in [6, 6.07) is 12.9. The van der Waals surface area contributed by atoms with Crippen LogP contribution in [0, 0.1) is 0 Å². The second-order valence-electron chi connectivity index (χ2n) is 5.30. The number of hydrogen-bond donors (Lipinski definition) is 2. The lowest BCUT2D eigenvalue weighted by Gasteiger charge is -2.22. The number of amides is 2. The molecule has 0 saturated carbocycles. The molecule has 6 heteroatoms. The summed E-state index contributed by atoms with van der Waals surface area (Å²) in [7, 11) is 0. The maximum Gasteiger partial charge on any atom is 0.243 e. The predicted molar refractivity (Wildman–Crippen MR) is 83.7 cm³/mol. The van der Waals surface area contributed by atoms with Gasteiger partial charge in [0.15, 0.2) is 0 Å². The van der Waals surface area contributed by atoms with E-state index >= 15 is 0 Å². The van der Waals surface area contributed by atoms with Crippen molar-refractivity contribution in [3.63, 3.8) is 0 Å². The van der Waals surface area contributed by atoms with Gasteiger partial charge in [0.25, 0.3) is 0 Å². The molecule has 1 atom stereocenters. The van der Waals surface area contributed by atoms with Crippen LogP contribution in [0.3, 0.4) is 0 Å². The molecule has 3 rings (SSSR count). The monoisotopic (exact) mass is 311 g/mol. The van der Waals surface area contributed by atoms with Gasteiger partial charge in [-0.2, -0.15) is 0 Å². The largest absolute Gasteiger partial charge is 0.487 e. The molecule has 2 aromatic rings. The molecule has 1 saturated heterocycles. The van der Waals surface area contributed by atoms with Crippen LogP contribution in [-0.4, -0.2) is 29.4 Å². The third kappa shape index (κ3) is 4.06. The highest BCUT2D eigenvalue weighted by Gasteiger charge is 2.26. The zero-order chi connectivity index (χ0) is 16.1. The average Bonchev–Trinajstić information content (AvgIpc) is 2.58. The van der Waals surface area contributed by atoms with Gasteiger partial charge in [0.2, 0.25) is 11.8 Å². The Kier molecular flexibility index (Phi) is 4.52. The summed E-state index contributed by atoms with van der Waals surface area (Å²) >= 11 is 0. The molecule has 1 fully saturated rings. The fourth-order valence-electron chi connectivity index (χ4n) is 2.31. The first kappa shape index (κ1) is 15.0. The number of ether oxygens (including phenoxy) is 1. The Bertz CT molecular complexity index is 686. The smallest absolute Gasteiger partial charge is 0.243 e. The lowest BCUT2D eigenvalue weighted by atomic mass is 10.1. The van der Waals surface area contributed by atoms with Crippen molar-refractivity contribution in [3.8, 4) is 5.75 Å². The van der Waals surface area contributed by atoms with Crippen LogP contribution < -0.4 is 15.4 Å². The number of rotatable bonds is 5. The Morgan fingerprint density at radius 2 is 1.96 bits per heavy atom. The minimum atomic E-state index is -0.570. The average molecular weight is 311 g/mol. The van der Waals surface area contributed by atoms with E-state index in [9.17, 15) is 9.59 Å². The summed E-state index contributed by atoms with van der Waals surface area (Å²) in [5.74, 6) is 0.294. The summed E-state index contributed by atoms with van der Waals surface area (Å²) < 4.78 is 5.66. The third-order valence-corrected chi connectivity index (χ3v) is 3.53. The lowest BCUT2D eigenvalue weighted by molar-refractivity contribution is -0.133. The number of carbonyl (C=O) groups excluding carboxylic acids is 2. The molecule has 0 radical (unpaired) electrons. The molecule has 1 aromatic carbocycles. The zero-order valence-electron chi connectivity index (χ0n) is 12.5. The van der Waals surface area contributed by atoms with E-state index in [-0.39, 0.29) is 18.4 Å². The van der Waals surface area contributed by atoms with Crippen molar-refractivity contribution in [1.29, 1.82) is 0 Å². The Morgan fingerprint density at radius 3 is 2.70 bits per heavy atom. The molecule has 118 valence electrons. The van der Waals surface area contributed by atoms with E-state index < -0.39 is 6.04 Å². The summed E-state index contributed by atoms with van der Waals surface area (Å²) in [5.41, 5.74) is 1.80. The van der Waals surface area contributed by atoms with E-state index in [2.05, 4.69) is 15.6 Å². The molecular weight excluding hydrogens is 294 g/mol. The highest BCUT2D eigenvalue weighted by atomic mass is 16.5. The van der Waals surface area contributed by atoms with Gasteiger partial charge in [0.05, 0.1) is 12.7 Å². The maximum absolute atomic E-state index is 11.7. The fourth-order valence-corrected chi connectivity index (χ4v) is 2.31. The number of nitrogens with one attached hydrogen (secondary N) is 2. The van der Waals surface area contributed by atoms with E-state index in [4.69, 9.17) is 4.74 Å². The number of aromatic nitrogens is 1. The lowest BCUT2D eigenvalue weighted by Crippen LogP contribution is -2.56. The highest BCUT2D eigenvalue weighted by molar-refractivity contribution is 5.94. The van der Waals surface area contributed by atoms with E-state index in [1.807, 2.05) is 36.4 Å². The van der Waals surface area contributed by atoms with Crippen molar-refractivity contribution in [2.45, 2.75) is 19.1 Å². The SMILES string of the molecule is O=C1CNC(=O)C(Cc2ccc(OCc3ccccc3)cn2)N1. The standard InChI is InChI=1S/C17H17N3O3/c21-16-10-19-17(22)15(20-16)8-13-6-7-14(9-18-13)23-11-12-4-2-1-3-5-12/h1-7,9,15H,8,10-11H2,(H,19,22)(H,20,21). The van der Waals surface area contributed by atoms with Crippen LogP contribution in [-0.2, 0) is 22.6 Å². The van der Waals surface area contributed by atoms with E-state index in [1.54, 1.807) is 12.3 Å². The van der Waals surface area contributed by atoms with Crippen LogP contribution in [0.1, 0.15) is 11.3 Å². The topological polar surface area (TPSA) is 80.3 Å². The normalized spacial score (nSPS) is 17.3. The first-order valence-electron chi connectivity index (χ1n) is 7.39. The van der Waals surface area contributed by atoms with Gasteiger partial charge in [-0.05, 0) is 17.7 Å². The minimum Gasteiger partial charge on any atom is -0.487 e. The number of pyridine rings is 1. The second kappa shape index (κ2) is 6.91. The van der Waals surface area contributed by atoms with Crippen molar-refractivity contribution < 1.29 is 14.3 Å². The molecule has 2 N–H and O–H groups in total. The molecule has 6 nitrogen and oxygen atoms in total. The van der Waals surface area contributed by atoms with Crippen molar-refractivity contribution in [2.75, 3.05) is 6.54 Å². The molecule has 2 heterocycles. The van der Waals surface area contributed by atoms with Crippen LogP contribution in [0.25, 0.3) is 0 Å². The molecule has 0 bridgehead atoms. The first-order valence-corrected chi connectivity index (χ1v) is 7.39. The Balaban J connectivity index is 1.56. The Labute approximate surface area is 133 Å². The number of benzene rings is 1. The molecule has 1 aromatic heterocycles. The van der Waals surface area contributed by atoms with E-state index in [0.29, 0.717) is 18.8 Å². The van der Waals surface area contributed by atoms with Gasteiger partial charge in [0.1, 0.15) is 18.4 Å². The summed E-state index contributed by atoms with van der Waals surface area (Å²) in [5, 5.41) is 5.20.